The number of rotatable bonds is 5. The first-order valence-corrected chi connectivity index (χ1v) is 7.80. The quantitative estimate of drug-likeness (QED) is 0.552. The number of hydrogen-bond acceptors (Lipinski definition) is 4. The van der Waals surface area contributed by atoms with Gasteiger partial charge in [-0.3, -0.25) is 14.7 Å². The van der Waals surface area contributed by atoms with Crippen LogP contribution in [-0.2, 0) is 6.61 Å². The van der Waals surface area contributed by atoms with E-state index in [0.717, 1.165) is 18.2 Å². The Morgan fingerprint density at radius 1 is 1.04 bits per heavy atom. The average molecular weight is 372 g/mol. The van der Waals surface area contributed by atoms with Gasteiger partial charge in [0.2, 0.25) is 0 Å². The summed E-state index contributed by atoms with van der Waals surface area (Å²) in [7, 11) is 0. The minimum atomic E-state index is -1.05. The van der Waals surface area contributed by atoms with Crippen molar-refractivity contribution in [1.82, 2.24) is 10.2 Å². The Balaban J connectivity index is 1.79. The summed E-state index contributed by atoms with van der Waals surface area (Å²) >= 11 is 0. The maximum atomic E-state index is 13.7. The summed E-state index contributed by atoms with van der Waals surface area (Å²) in [6.45, 7) is -0.193. The number of H-pyrrole nitrogens is 1. The van der Waals surface area contributed by atoms with Crippen LogP contribution in [0.3, 0.4) is 0 Å². The highest BCUT2D eigenvalue weighted by Gasteiger charge is 2.21. The number of halogens is 2. The molecule has 0 aliphatic carbocycles. The summed E-state index contributed by atoms with van der Waals surface area (Å²) in [4.78, 5) is 24.6. The molecule has 4 N–H and O–H groups in total. The molecule has 2 aromatic carbocycles. The lowest BCUT2D eigenvalue weighted by molar-refractivity contribution is 0.101. The number of hydrogen-bond donors (Lipinski definition) is 4. The van der Waals surface area contributed by atoms with Gasteiger partial charge >= 0.3 is 0 Å². The topological polar surface area (TPSA) is 107 Å². The molecule has 0 saturated carbocycles. The molecular weight excluding hydrogens is 358 g/mol. The SMILES string of the molecule is O=C(Nc1cccc(CO)c1)c1n[nH]cc1NC(=O)c1c(F)cccc1F. The number of nitrogens with one attached hydrogen (secondary N) is 3. The zero-order valence-electron chi connectivity index (χ0n) is 13.8. The minimum absolute atomic E-state index is 0.0431. The molecule has 0 fully saturated rings. The molecule has 3 rings (SSSR count). The van der Waals surface area contributed by atoms with E-state index < -0.39 is 29.0 Å². The molecule has 2 amide bonds. The van der Waals surface area contributed by atoms with Gasteiger partial charge in [0.25, 0.3) is 11.8 Å². The van der Waals surface area contributed by atoms with Gasteiger partial charge in [0.15, 0.2) is 5.69 Å². The van der Waals surface area contributed by atoms with Crippen molar-refractivity contribution in [2.24, 2.45) is 0 Å². The Morgan fingerprint density at radius 2 is 1.74 bits per heavy atom. The molecule has 0 bridgehead atoms. The predicted octanol–water partition coefficient (Wildman–Crippen LogP) is 2.68. The number of benzene rings is 2. The summed E-state index contributed by atoms with van der Waals surface area (Å²) in [5.41, 5.74) is 0.0269. The van der Waals surface area contributed by atoms with Gasteiger partial charge in [0, 0.05) is 11.9 Å². The normalized spacial score (nSPS) is 10.5. The van der Waals surface area contributed by atoms with Crippen molar-refractivity contribution in [2.45, 2.75) is 6.61 Å². The van der Waals surface area contributed by atoms with E-state index in [1.54, 1.807) is 24.3 Å². The van der Waals surface area contributed by atoms with Crippen molar-refractivity contribution in [2.75, 3.05) is 10.6 Å². The van der Waals surface area contributed by atoms with Gasteiger partial charge in [-0.2, -0.15) is 5.10 Å². The predicted molar refractivity (Wildman–Crippen MR) is 93.2 cm³/mol. The van der Waals surface area contributed by atoms with Crippen LogP contribution >= 0.6 is 0 Å². The van der Waals surface area contributed by atoms with Gasteiger partial charge in [-0.05, 0) is 29.8 Å². The highest BCUT2D eigenvalue weighted by Crippen LogP contribution is 2.19. The Kier molecular flexibility index (Phi) is 5.23. The van der Waals surface area contributed by atoms with Crippen LogP contribution in [0.1, 0.15) is 26.4 Å². The molecule has 0 aliphatic rings. The molecule has 1 aromatic heterocycles. The van der Waals surface area contributed by atoms with Crippen molar-refractivity contribution in [3.05, 3.63) is 77.1 Å². The van der Waals surface area contributed by atoms with E-state index in [2.05, 4.69) is 20.8 Å². The van der Waals surface area contributed by atoms with E-state index in [4.69, 9.17) is 5.11 Å². The van der Waals surface area contributed by atoms with Gasteiger partial charge in [0.05, 0.1) is 12.3 Å². The first-order chi connectivity index (χ1) is 13.0. The molecule has 0 aliphatic heterocycles. The average Bonchev–Trinajstić information content (AvgIpc) is 3.10. The highest BCUT2D eigenvalue weighted by atomic mass is 19.1. The lowest BCUT2D eigenvalue weighted by atomic mass is 10.1. The lowest BCUT2D eigenvalue weighted by Gasteiger charge is -2.08. The van der Waals surface area contributed by atoms with Crippen molar-refractivity contribution in [3.63, 3.8) is 0 Å². The summed E-state index contributed by atoms with van der Waals surface area (Å²) in [6, 6.07) is 9.55. The number of anilines is 2. The van der Waals surface area contributed by atoms with E-state index in [-0.39, 0.29) is 18.0 Å². The van der Waals surface area contributed by atoms with Crippen molar-refractivity contribution in [3.8, 4) is 0 Å². The zero-order chi connectivity index (χ0) is 19.4. The van der Waals surface area contributed by atoms with Crippen molar-refractivity contribution < 1.29 is 23.5 Å². The number of aliphatic hydroxyl groups is 1. The molecule has 27 heavy (non-hydrogen) atoms. The van der Waals surface area contributed by atoms with Gasteiger partial charge in [-0.25, -0.2) is 8.78 Å². The number of amides is 2. The van der Waals surface area contributed by atoms with Crippen LogP contribution in [0.15, 0.2) is 48.7 Å². The van der Waals surface area contributed by atoms with Gasteiger partial charge in [-0.1, -0.05) is 18.2 Å². The van der Waals surface area contributed by atoms with Crippen molar-refractivity contribution >= 4 is 23.2 Å². The van der Waals surface area contributed by atoms with E-state index in [0.29, 0.717) is 11.3 Å². The molecular formula is C18H14F2N4O3. The molecule has 138 valence electrons. The number of carbonyl (C=O) groups excluding carboxylic acids is 2. The van der Waals surface area contributed by atoms with Crippen LogP contribution in [0, 0.1) is 11.6 Å². The first kappa shape index (κ1) is 18.2. The molecule has 9 heteroatoms. The van der Waals surface area contributed by atoms with Crippen LogP contribution in [0.25, 0.3) is 0 Å². The number of nitrogens with zero attached hydrogens (tertiary/aromatic N) is 1. The van der Waals surface area contributed by atoms with Crippen LogP contribution in [0.2, 0.25) is 0 Å². The van der Waals surface area contributed by atoms with E-state index in [1.165, 1.54) is 6.20 Å². The molecule has 3 aromatic rings. The number of aliphatic hydroxyl groups excluding tert-OH is 1. The maximum Gasteiger partial charge on any atom is 0.278 e. The molecule has 7 nitrogen and oxygen atoms in total. The zero-order valence-corrected chi connectivity index (χ0v) is 13.8. The summed E-state index contributed by atoms with van der Waals surface area (Å²) in [6.07, 6.45) is 1.22. The third-order valence-corrected chi connectivity index (χ3v) is 3.66. The monoisotopic (exact) mass is 372 g/mol. The van der Waals surface area contributed by atoms with E-state index >= 15 is 0 Å². The fourth-order valence-corrected chi connectivity index (χ4v) is 2.40. The second kappa shape index (κ2) is 7.75. The minimum Gasteiger partial charge on any atom is -0.392 e. The fourth-order valence-electron chi connectivity index (χ4n) is 2.40. The molecule has 0 atom stereocenters. The number of aromatic amines is 1. The van der Waals surface area contributed by atoms with Gasteiger partial charge < -0.3 is 15.7 Å². The summed E-state index contributed by atoms with van der Waals surface area (Å²) in [5.74, 6) is -3.76. The van der Waals surface area contributed by atoms with Crippen LogP contribution in [-0.4, -0.2) is 27.1 Å². The number of carbonyl (C=O) groups is 2. The highest BCUT2D eigenvalue weighted by molar-refractivity contribution is 6.11. The second-order valence-corrected chi connectivity index (χ2v) is 5.51. The second-order valence-electron chi connectivity index (χ2n) is 5.51. The smallest absolute Gasteiger partial charge is 0.278 e. The standard InChI is InChI=1S/C18H14F2N4O3/c19-12-5-2-6-13(20)15(12)17(26)23-14-8-21-24-16(14)18(27)22-11-4-1-3-10(7-11)9-25/h1-8,25H,9H2,(H,21,24)(H,22,27)(H,23,26). The third-order valence-electron chi connectivity index (χ3n) is 3.66. The summed E-state index contributed by atoms with van der Waals surface area (Å²) in [5, 5.41) is 20.1. The Morgan fingerprint density at radius 3 is 2.44 bits per heavy atom. The third kappa shape index (κ3) is 3.98. The molecule has 1 heterocycles. The molecule has 0 saturated heterocycles. The summed E-state index contributed by atoms with van der Waals surface area (Å²) < 4.78 is 27.4. The van der Waals surface area contributed by atoms with Crippen LogP contribution < -0.4 is 10.6 Å². The molecule has 0 radical (unpaired) electrons. The molecule has 0 spiro atoms. The Hall–Kier alpha value is -3.59. The van der Waals surface area contributed by atoms with Gasteiger partial charge in [-0.15, -0.1) is 0 Å². The lowest BCUT2D eigenvalue weighted by Crippen LogP contribution is -2.19. The Bertz CT molecular complexity index is 984. The number of aromatic nitrogens is 2. The van der Waals surface area contributed by atoms with Crippen LogP contribution in [0.4, 0.5) is 20.2 Å². The van der Waals surface area contributed by atoms with Gasteiger partial charge in [0.1, 0.15) is 17.2 Å². The van der Waals surface area contributed by atoms with Crippen molar-refractivity contribution in [1.29, 1.82) is 0 Å². The largest absolute Gasteiger partial charge is 0.392 e. The maximum absolute atomic E-state index is 13.7. The van der Waals surface area contributed by atoms with E-state index in [1.807, 2.05) is 0 Å². The van der Waals surface area contributed by atoms with E-state index in [9.17, 15) is 18.4 Å². The molecule has 0 unspecified atom stereocenters. The Labute approximate surface area is 152 Å². The van der Waals surface area contributed by atoms with Crippen LogP contribution in [0.5, 0.6) is 0 Å². The fraction of sp³-hybridized carbons (Fsp3) is 0.0556. The first-order valence-electron chi connectivity index (χ1n) is 7.80.